The number of hydrogen-bond acceptors (Lipinski definition) is 4. The van der Waals surface area contributed by atoms with Crippen molar-refractivity contribution in [2.75, 3.05) is 26.2 Å². The number of carbonyl (C=O) groups is 1. The third-order valence-electron chi connectivity index (χ3n) is 4.75. The highest BCUT2D eigenvalue weighted by atomic mass is 16.6. The minimum absolute atomic E-state index is 0.170. The van der Waals surface area contributed by atoms with Crippen LogP contribution in [0.5, 0.6) is 0 Å². The fraction of sp³-hybridized carbons (Fsp3) is 0.611. The molecule has 3 rings (SSSR count). The Labute approximate surface area is 138 Å². The van der Waals surface area contributed by atoms with Crippen LogP contribution in [-0.4, -0.2) is 54.2 Å². The van der Waals surface area contributed by atoms with Gasteiger partial charge in [-0.1, -0.05) is 30.3 Å². The Morgan fingerprint density at radius 2 is 2.04 bits per heavy atom. The highest BCUT2D eigenvalue weighted by Gasteiger charge is 2.37. The van der Waals surface area contributed by atoms with Crippen LogP contribution in [0.15, 0.2) is 30.3 Å². The van der Waals surface area contributed by atoms with Crippen molar-refractivity contribution in [2.45, 2.75) is 44.4 Å². The first kappa shape index (κ1) is 16.3. The first-order valence-corrected chi connectivity index (χ1v) is 8.69. The average Bonchev–Trinajstić information content (AvgIpc) is 3.33. The van der Waals surface area contributed by atoms with Crippen molar-refractivity contribution < 1.29 is 9.53 Å². The molecule has 23 heavy (non-hydrogen) atoms. The molecular formula is C18H27N3O2. The van der Waals surface area contributed by atoms with E-state index < -0.39 is 0 Å². The Hall–Kier alpha value is -1.59. The monoisotopic (exact) mass is 317 g/mol. The van der Waals surface area contributed by atoms with E-state index in [1.54, 1.807) is 0 Å². The summed E-state index contributed by atoms with van der Waals surface area (Å²) in [6, 6.07) is 10.7. The lowest BCUT2D eigenvalue weighted by Crippen LogP contribution is -2.45. The lowest BCUT2D eigenvalue weighted by atomic mass is 10.2. The van der Waals surface area contributed by atoms with Crippen LogP contribution >= 0.6 is 0 Å². The molecule has 5 nitrogen and oxygen atoms in total. The van der Waals surface area contributed by atoms with E-state index in [0.29, 0.717) is 25.2 Å². The van der Waals surface area contributed by atoms with Crippen LogP contribution in [0.25, 0.3) is 0 Å². The maximum atomic E-state index is 12.5. The quantitative estimate of drug-likeness (QED) is 0.837. The number of carbonyl (C=O) groups excluding carboxylic acids is 1. The van der Waals surface area contributed by atoms with Gasteiger partial charge in [0.25, 0.3) is 0 Å². The first-order chi connectivity index (χ1) is 11.3. The van der Waals surface area contributed by atoms with Crippen molar-refractivity contribution in [1.29, 1.82) is 0 Å². The third kappa shape index (κ3) is 4.45. The summed E-state index contributed by atoms with van der Waals surface area (Å²) in [6.07, 6.45) is 4.38. The molecule has 5 heteroatoms. The van der Waals surface area contributed by atoms with E-state index in [-0.39, 0.29) is 6.09 Å². The maximum absolute atomic E-state index is 12.5. The van der Waals surface area contributed by atoms with Gasteiger partial charge in [0.15, 0.2) is 0 Å². The summed E-state index contributed by atoms with van der Waals surface area (Å²) in [5.41, 5.74) is 6.73. The molecule has 1 atom stereocenters. The van der Waals surface area contributed by atoms with Crippen molar-refractivity contribution in [3.05, 3.63) is 35.9 Å². The van der Waals surface area contributed by atoms with E-state index in [1.165, 1.54) is 6.42 Å². The minimum Gasteiger partial charge on any atom is -0.445 e. The smallest absolute Gasteiger partial charge is 0.410 e. The standard InChI is InChI=1S/C18H27N3O2/c19-10-12-20-11-4-7-17(20)13-21(16-8-9-16)18(22)23-14-15-5-2-1-3-6-15/h1-3,5-6,16-17H,4,7-14,19H2. The number of benzene rings is 1. The Morgan fingerprint density at radius 1 is 1.26 bits per heavy atom. The maximum Gasteiger partial charge on any atom is 0.410 e. The molecule has 1 aliphatic heterocycles. The fourth-order valence-corrected chi connectivity index (χ4v) is 3.35. The van der Waals surface area contributed by atoms with Crippen LogP contribution in [0.2, 0.25) is 0 Å². The van der Waals surface area contributed by atoms with Gasteiger partial charge in [-0.05, 0) is 37.8 Å². The van der Waals surface area contributed by atoms with Gasteiger partial charge in [0, 0.05) is 31.7 Å². The zero-order chi connectivity index (χ0) is 16.1. The largest absolute Gasteiger partial charge is 0.445 e. The zero-order valence-electron chi connectivity index (χ0n) is 13.7. The SMILES string of the molecule is NCCN1CCCC1CN(C(=O)OCc1ccccc1)C1CC1. The first-order valence-electron chi connectivity index (χ1n) is 8.69. The number of likely N-dealkylation sites (tertiary alicyclic amines) is 1. The molecule has 126 valence electrons. The molecule has 1 aromatic carbocycles. The highest BCUT2D eigenvalue weighted by molar-refractivity contribution is 5.68. The molecule has 0 radical (unpaired) electrons. The second-order valence-corrected chi connectivity index (χ2v) is 6.54. The van der Waals surface area contributed by atoms with E-state index >= 15 is 0 Å². The molecule has 0 bridgehead atoms. The highest BCUT2D eigenvalue weighted by Crippen LogP contribution is 2.29. The van der Waals surface area contributed by atoms with Crippen LogP contribution in [-0.2, 0) is 11.3 Å². The summed E-state index contributed by atoms with van der Waals surface area (Å²) < 4.78 is 5.54. The molecule has 1 saturated heterocycles. The molecule has 0 aromatic heterocycles. The third-order valence-corrected chi connectivity index (χ3v) is 4.75. The van der Waals surface area contributed by atoms with E-state index in [2.05, 4.69) is 4.90 Å². The number of nitrogens with two attached hydrogens (primary N) is 1. The lowest BCUT2D eigenvalue weighted by molar-refractivity contribution is 0.0822. The topological polar surface area (TPSA) is 58.8 Å². The Kier molecular flexibility index (Phi) is 5.51. The van der Waals surface area contributed by atoms with Gasteiger partial charge in [-0.15, -0.1) is 0 Å². The molecule has 1 unspecified atom stereocenters. The van der Waals surface area contributed by atoms with Crippen LogP contribution in [0.4, 0.5) is 4.79 Å². The second-order valence-electron chi connectivity index (χ2n) is 6.54. The van der Waals surface area contributed by atoms with Crippen molar-refractivity contribution in [3.63, 3.8) is 0 Å². The Morgan fingerprint density at radius 3 is 2.74 bits per heavy atom. The molecular weight excluding hydrogens is 290 g/mol. The number of ether oxygens (including phenoxy) is 1. The summed E-state index contributed by atoms with van der Waals surface area (Å²) in [6.45, 7) is 3.82. The van der Waals surface area contributed by atoms with E-state index in [1.807, 2.05) is 35.2 Å². The molecule has 1 amide bonds. The summed E-state index contributed by atoms with van der Waals surface area (Å²) in [4.78, 5) is 16.9. The van der Waals surface area contributed by atoms with Crippen molar-refractivity contribution in [2.24, 2.45) is 5.73 Å². The van der Waals surface area contributed by atoms with Crippen LogP contribution in [0, 0.1) is 0 Å². The Balaban J connectivity index is 1.54. The number of nitrogens with zero attached hydrogens (tertiary/aromatic N) is 2. The van der Waals surface area contributed by atoms with Crippen molar-refractivity contribution in [1.82, 2.24) is 9.80 Å². The summed E-state index contributed by atoms with van der Waals surface area (Å²) in [7, 11) is 0. The van der Waals surface area contributed by atoms with Gasteiger partial charge in [0.2, 0.25) is 0 Å². The summed E-state index contributed by atoms with van der Waals surface area (Å²) >= 11 is 0. The summed E-state index contributed by atoms with van der Waals surface area (Å²) in [5, 5.41) is 0. The van der Waals surface area contributed by atoms with Gasteiger partial charge in [-0.25, -0.2) is 4.79 Å². The second kappa shape index (κ2) is 7.79. The molecule has 2 N–H and O–H groups in total. The minimum atomic E-state index is -0.170. The number of rotatable bonds is 7. The van der Waals surface area contributed by atoms with Gasteiger partial charge in [0.1, 0.15) is 6.61 Å². The van der Waals surface area contributed by atoms with Gasteiger partial charge >= 0.3 is 6.09 Å². The molecule has 2 aliphatic rings. The molecule has 1 heterocycles. The van der Waals surface area contributed by atoms with Crippen molar-refractivity contribution >= 4 is 6.09 Å². The molecule has 2 fully saturated rings. The molecule has 1 aromatic rings. The van der Waals surface area contributed by atoms with E-state index in [0.717, 1.165) is 44.5 Å². The number of amides is 1. The predicted octanol–water partition coefficient (Wildman–Crippen LogP) is 2.21. The van der Waals surface area contributed by atoms with Crippen LogP contribution < -0.4 is 5.73 Å². The average molecular weight is 317 g/mol. The van der Waals surface area contributed by atoms with E-state index in [9.17, 15) is 4.79 Å². The summed E-state index contributed by atoms with van der Waals surface area (Å²) in [5.74, 6) is 0. The van der Waals surface area contributed by atoms with Crippen LogP contribution in [0.1, 0.15) is 31.2 Å². The number of hydrogen-bond donors (Lipinski definition) is 1. The van der Waals surface area contributed by atoms with Gasteiger partial charge < -0.3 is 15.4 Å². The van der Waals surface area contributed by atoms with Gasteiger partial charge in [-0.2, -0.15) is 0 Å². The zero-order valence-corrected chi connectivity index (χ0v) is 13.7. The fourth-order valence-electron chi connectivity index (χ4n) is 3.35. The van der Waals surface area contributed by atoms with Crippen molar-refractivity contribution in [3.8, 4) is 0 Å². The molecule has 1 aliphatic carbocycles. The van der Waals surface area contributed by atoms with Gasteiger partial charge in [-0.3, -0.25) is 4.90 Å². The van der Waals surface area contributed by atoms with Crippen LogP contribution in [0.3, 0.4) is 0 Å². The predicted molar refractivity (Wildman–Crippen MR) is 90.0 cm³/mol. The normalized spacial score (nSPS) is 21.3. The molecule has 1 saturated carbocycles. The lowest BCUT2D eigenvalue weighted by Gasteiger charge is -2.30. The van der Waals surface area contributed by atoms with E-state index in [4.69, 9.17) is 10.5 Å². The Bertz CT molecular complexity index is 504. The van der Waals surface area contributed by atoms with Gasteiger partial charge in [0.05, 0.1) is 0 Å². The molecule has 0 spiro atoms.